The highest BCUT2D eigenvalue weighted by Crippen LogP contribution is 2.36. The van der Waals surface area contributed by atoms with E-state index < -0.39 is 0 Å². The van der Waals surface area contributed by atoms with Crippen LogP contribution in [0.25, 0.3) is 10.9 Å². The number of aromatic amines is 1. The molecule has 0 fully saturated rings. The molecule has 0 unspecified atom stereocenters. The topological polar surface area (TPSA) is 54.1 Å². The first kappa shape index (κ1) is 14.8. The standard InChI is InChI=1S/C16H10Cl2N2O2S/c17-11-3-4-13(15-14(11)12(18)6-19-15)20-23-9-2-1-8-7-22-16(21)10(8)5-9/h1-6,19-20H,7H2. The molecule has 1 aromatic heterocycles. The fourth-order valence-corrected chi connectivity index (χ4v) is 3.79. The highest BCUT2D eigenvalue weighted by molar-refractivity contribution is 8.00. The third-order valence-corrected chi connectivity index (χ3v) is 5.10. The second-order valence-electron chi connectivity index (χ2n) is 5.08. The molecule has 4 nitrogen and oxygen atoms in total. The molecular weight excluding hydrogens is 355 g/mol. The molecular formula is C16H10Cl2N2O2S. The van der Waals surface area contributed by atoms with Crippen molar-refractivity contribution in [2.45, 2.75) is 11.5 Å². The van der Waals surface area contributed by atoms with Gasteiger partial charge in [-0.25, -0.2) is 4.79 Å². The molecule has 7 heteroatoms. The highest BCUT2D eigenvalue weighted by Gasteiger charge is 2.21. The summed E-state index contributed by atoms with van der Waals surface area (Å²) in [7, 11) is 0. The van der Waals surface area contributed by atoms with E-state index in [0.717, 1.165) is 27.0 Å². The summed E-state index contributed by atoms with van der Waals surface area (Å²) in [6, 6.07) is 9.37. The van der Waals surface area contributed by atoms with Gasteiger partial charge in [-0.05, 0) is 36.2 Å². The maximum atomic E-state index is 11.6. The van der Waals surface area contributed by atoms with Crippen molar-refractivity contribution in [1.82, 2.24) is 4.98 Å². The Balaban J connectivity index is 1.62. The van der Waals surface area contributed by atoms with Crippen molar-refractivity contribution in [3.8, 4) is 0 Å². The monoisotopic (exact) mass is 364 g/mol. The van der Waals surface area contributed by atoms with Crippen molar-refractivity contribution in [2.75, 3.05) is 4.72 Å². The first-order valence-corrected chi connectivity index (χ1v) is 8.39. The van der Waals surface area contributed by atoms with Crippen LogP contribution in [0.3, 0.4) is 0 Å². The van der Waals surface area contributed by atoms with Crippen LogP contribution in [0.5, 0.6) is 0 Å². The van der Waals surface area contributed by atoms with Gasteiger partial charge in [0.1, 0.15) is 6.61 Å². The molecule has 4 rings (SSSR count). The van der Waals surface area contributed by atoms with Crippen LogP contribution in [0, 0.1) is 0 Å². The Morgan fingerprint density at radius 3 is 2.91 bits per heavy atom. The second kappa shape index (κ2) is 5.67. The molecule has 23 heavy (non-hydrogen) atoms. The van der Waals surface area contributed by atoms with Gasteiger partial charge in [0.2, 0.25) is 0 Å². The highest BCUT2D eigenvalue weighted by atomic mass is 35.5. The average molecular weight is 365 g/mol. The SMILES string of the molecule is O=C1OCc2ccc(SNc3ccc(Cl)c4c(Cl)c[nH]c34)cc21. The molecule has 1 aliphatic heterocycles. The summed E-state index contributed by atoms with van der Waals surface area (Å²) in [4.78, 5) is 15.7. The Labute approximate surface area is 146 Å². The largest absolute Gasteiger partial charge is 0.457 e. The molecule has 0 bridgehead atoms. The van der Waals surface area contributed by atoms with Gasteiger partial charge < -0.3 is 14.4 Å². The zero-order valence-electron chi connectivity index (χ0n) is 11.7. The zero-order valence-corrected chi connectivity index (χ0v) is 14.0. The Hall–Kier alpha value is -1.82. The lowest BCUT2D eigenvalue weighted by molar-refractivity contribution is 0.0535. The van der Waals surface area contributed by atoms with E-state index in [0.29, 0.717) is 22.2 Å². The van der Waals surface area contributed by atoms with E-state index in [-0.39, 0.29) is 5.97 Å². The number of rotatable bonds is 3. The van der Waals surface area contributed by atoms with E-state index in [1.54, 1.807) is 12.3 Å². The Morgan fingerprint density at radius 2 is 2.04 bits per heavy atom. The predicted molar refractivity (Wildman–Crippen MR) is 93.4 cm³/mol. The number of cyclic esters (lactones) is 1. The quantitative estimate of drug-likeness (QED) is 0.491. The van der Waals surface area contributed by atoms with E-state index >= 15 is 0 Å². The third kappa shape index (κ3) is 2.55. The van der Waals surface area contributed by atoms with E-state index in [9.17, 15) is 4.79 Å². The molecule has 0 aliphatic carbocycles. The van der Waals surface area contributed by atoms with Crippen molar-refractivity contribution in [2.24, 2.45) is 0 Å². The second-order valence-corrected chi connectivity index (χ2v) is 6.77. The fourth-order valence-electron chi connectivity index (χ4n) is 2.52. The molecule has 116 valence electrons. The molecule has 1 aliphatic rings. The van der Waals surface area contributed by atoms with Crippen molar-refractivity contribution < 1.29 is 9.53 Å². The molecule has 0 atom stereocenters. The number of ether oxygens (including phenoxy) is 1. The Bertz CT molecular complexity index is 939. The first-order valence-electron chi connectivity index (χ1n) is 6.81. The van der Waals surface area contributed by atoms with Gasteiger partial charge in [0.15, 0.2) is 0 Å². The number of H-pyrrole nitrogens is 1. The zero-order chi connectivity index (χ0) is 16.0. The van der Waals surface area contributed by atoms with Crippen LogP contribution in [-0.4, -0.2) is 11.0 Å². The minimum Gasteiger partial charge on any atom is -0.457 e. The molecule has 2 N–H and O–H groups in total. The third-order valence-electron chi connectivity index (χ3n) is 3.68. The van der Waals surface area contributed by atoms with Crippen LogP contribution >= 0.6 is 35.1 Å². The van der Waals surface area contributed by atoms with E-state index in [2.05, 4.69) is 9.71 Å². The number of fused-ring (bicyclic) bond motifs is 2. The number of hydrogen-bond donors (Lipinski definition) is 2. The lowest BCUT2D eigenvalue weighted by Gasteiger charge is -2.08. The predicted octanol–water partition coefficient (Wildman–Crippen LogP) is 5.26. The van der Waals surface area contributed by atoms with Gasteiger partial charge in [-0.2, -0.15) is 0 Å². The molecule has 0 saturated carbocycles. The maximum Gasteiger partial charge on any atom is 0.338 e. The van der Waals surface area contributed by atoms with Gasteiger partial charge in [-0.15, -0.1) is 0 Å². The van der Waals surface area contributed by atoms with Crippen molar-refractivity contribution in [3.63, 3.8) is 0 Å². The summed E-state index contributed by atoms with van der Waals surface area (Å²) < 4.78 is 8.28. The molecule has 0 spiro atoms. The minimum atomic E-state index is -0.271. The van der Waals surface area contributed by atoms with E-state index in [4.69, 9.17) is 27.9 Å². The smallest absolute Gasteiger partial charge is 0.338 e. The van der Waals surface area contributed by atoms with Gasteiger partial charge in [-0.1, -0.05) is 29.3 Å². The van der Waals surface area contributed by atoms with Crippen molar-refractivity contribution >= 4 is 57.7 Å². The van der Waals surface area contributed by atoms with Crippen molar-refractivity contribution in [3.05, 3.63) is 57.7 Å². The average Bonchev–Trinajstić information content (AvgIpc) is 3.11. The fraction of sp³-hybridized carbons (Fsp3) is 0.0625. The summed E-state index contributed by atoms with van der Waals surface area (Å²) in [5.74, 6) is -0.271. The normalized spacial score (nSPS) is 13.2. The van der Waals surface area contributed by atoms with Crippen LogP contribution < -0.4 is 4.72 Å². The molecule has 2 heterocycles. The van der Waals surface area contributed by atoms with Crippen LogP contribution in [0.2, 0.25) is 10.0 Å². The number of anilines is 1. The lowest BCUT2D eigenvalue weighted by atomic mass is 10.1. The van der Waals surface area contributed by atoms with Crippen LogP contribution in [-0.2, 0) is 11.3 Å². The number of benzene rings is 2. The molecule has 0 radical (unpaired) electrons. The molecule has 3 aromatic rings. The van der Waals surface area contributed by atoms with E-state index in [1.165, 1.54) is 11.9 Å². The number of carbonyl (C=O) groups excluding carboxylic acids is 1. The summed E-state index contributed by atoms with van der Waals surface area (Å²) in [6.45, 7) is 0.353. The molecule has 0 amide bonds. The Morgan fingerprint density at radius 1 is 1.17 bits per heavy atom. The van der Waals surface area contributed by atoms with Gasteiger partial charge in [-0.3, -0.25) is 0 Å². The number of aromatic nitrogens is 1. The van der Waals surface area contributed by atoms with E-state index in [1.807, 2.05) is 24.3 Å². The van der Waals surface area contributed by atoms with Gasteiger partial charge in [0.25, 0.3) is 0 Å². The summed E-state index contributed by atoms with van der Waals surface area (Å²) in [5, 5.41) is 1.97. The summed E-state index contributed by atoms with van der Waals surface area (Å²) >= 11 is 13.7. The van der Waals surface area contributed by atoms with Gasteiger partial charge >= 0.3 is 5.97 Å². The summed E-state index contributed by atoms with van der Waals surface area (Å²) in [5.41, 5.74) is 3.25. The number of carbonyl (C=O) groups is 1. The number of hydrogen-bond acceptors (Lipinski definition) is 4. The minimum absolute atomic E-state index is 0.271. The first-order chi connectivity index (χ1) is 11.1. The number of esters is 1. The molecule has 0 saturated heterocycles. The summed E-state index contributed by atoms with van der Waals surface area (Å²) in [6.07, 6.45) is 1.71. The number of nitrogens with one attached hydrogen (secondary N) is 2. The van der Waals surface area contributed by atoms with Gasteiger partial charge in [0, 0.05) is 22.0 Å². The lowest BCUT2D eigenvalue weighted by Crippen LogP contribution is -1.94. The van der Waals surface area contributed by atoms with Crippen LogP contribution in [0.1, 0.15) is 15.9 Å². The van der Waals surface area contributed by atoms with Crippen LogP contribution in [0.4, 0.5) is 5.69 Å². The number of halogens is 2. The van der Waals surface area contributed by atoms with Crippen molar-refractivity contribution in [1.29, 1.82) is 0 Å². The Kier molecular flexibility index (Phi) is 3.64. The van der Waals surface area contributed by atoms with Gasteiger partial charge in [0.05, 0.1) is 26.8 Å². The van der Waals surface area contributed by atoms with Crippen LogP contribution in [0.15, 0.2) is 41.4 Å². The maximum absolute atomic E-state index is 11.6. The molecule has 2 aromatic carbocycles.